The topological polar surface area (TPSA) is 56.7 Å². The molecule has 0 spiro atoms. The number of hydrogen-bond acceptors (Lipinski definition) is 4. The van der Waals surface area contributed by atoms with Crippen LogP contribution in [0.15, 0.2) is 150 Å². The Balaban J connectivity index is 1.27. The number of furan rings is 1. The summed E-state index contributed by atoms with van der Waals surface area (Å²) in [7, 11) is 0. The van der Waals surface area contributed by atoms with Gasteiger partial charge in [-0.2, -0.15) is 9.97 Å². The van der Waals surface area contributed by atoms with E-state index in [0.29, 0.717) is 17.6 Å². The molecule has 3 aromatic heterocycles. The highest BCUT2D eigenvalue weighted by molar-refractivity contribution is 6.39. The molecule has 0 N–H and O–H groups in total. The summed E-state index contributed by atoms with van der Waals surface area (Å²) in [6, 6.07) is 50.8. The van der Waals surface area contributed by atoms with Crippen LogP contribution in [0.1, 0.15) is 0 Å². The highest BCUT2D eigenvalue weighted by atomic mass is 16.3. The maximum absolute atomic E-state index is 6.28. The first-order valence-electron chi connectivity index (χ1n) is 16.1. The van der Waals surface area contributed by atoms with E-state index in [1.807, 2.05) is 54.6 Å². The SMILES string of the molecule is c1ccc(-c2nc(-c3ccc4c(c3)oc3ccccc34)nc(-n3c4cccc5c6ccccc6c6c7ccccc7cc3c6c54)n2)cc1. The standard InChI is InChI=1S/C43H24N4O/c1-2-11-25(12-3-1)41-44-42(27-21-22-31-30-16-8-9-20-36(30)48-37(31)24-27)46-43(45-41)47-34-19-10-18-33-29-15-6-7-17-32(29)38-28-14-5-4-13-26(28)23-35(47)40(38)39(33)34/h1-24H. The molecular weight excluding hydrogens is 589 g/mol. The Labute approximate surface area is 273 Å². The van der Waals surface area contributed by atoms with E-state index in [-0.39, 0.29) is 0 Å². The zero-order chi connectivity index (χ0) is 31.3. The monoisotopic (exact) mass is 612 g/mol. The van der Waals surface area contributed by atoms with Gasteiger partial charge in [-0.05, 0) is 57.3 Å². The lowest BCUT2D eigenvalue weighted by Crippen LogP contribution is -2.06. The predicted octanol–water partition coefficient (Wildman–Crippen LogP) is 11.1. The highest BCUT2D eigenvalue weighted by Gasteiger charge is 2.24. The van der Waals surface area contributed by atoms with Gasteiger partial charge >= 0.3 is 0 Å². The number of aromatic nitrogens is 4. The molecular formula is C43H24N4O. The third kappa shape index (κ3) is 3.47. The molecule has 0 bridgehead atoms. The minimum atomic E-state index is 0.577. The number of para-hydroxylation sites is 1. The van der Waals surface area contributed by atoms with E-state index in [4.69, 9.17) is 19.4 Å². The van der Waals surface area contributed by atoms with E-state index < -0.39 is 0 Å². The molecule has 5 heteroatoms. The molecule has 5 nitrogen and oxygen atoms in total. The van der Waals surface area contributed by atoms with Crippen molar-refractivity contribution in [3.63, 3.8) is 0 Å². The number of hydrogen-bond donors (Lipinski definition) is 0. The summed E-state index contributed by atoms with van der Waals surface area (Å²) in [5, 5.41) is 12.0. The zero-order valence-corrected chi connectivity index (χ0v) is 25.6. The first kappa shape index (κ1) is 25.6. The molecule has 11 rings (SSSR count). The lowest BCUT2D eigenvalue weighted by atomic mass is 9.91. The van der Waals surface area contributed by atoms with Crippen LogP contribution in [0.25, 0.3) is 105 Å². The van der Waals surface area contributed by atoms with Gasteiger partial charge in [-0.25, -0.2) is 4.98 Å². The van der Waals surface area contributed by atoms with Crippen LogP contribution in [0.3, 0.4) is 0 Å². The van der Waals surface area contributed by atoms with Crippen LogP contribution >= 0.6 is 0 Å². The van der Waals surface area contributed by atoms with Crippen molar-refractivity contribution in [2.45, 2.75) is 0 Å². The molecule has 0 unspecified atom stereocenters. The van der Waals surface area contributed by atoms with Crippen molar-refractivity contribution in [1.29, 1.82) is 0 Å². The highest BCUT2D eigenvalue weighted by Crippen LogP contribution is 2.46. The van der Waals surface area contributed by atoms with Crippen molar-refractivity contribution in [1.82, 2.24) is 19.5 Å². The summed E-state index contributed by atoms with van der Waals surface area (Å²) in [5.74, 6) is 1.78. The summed E-state index contributed by atoms with van der Waals surface area (Å²) < 4.78 is 8.51. The van der Waals surface area contributed by atoms with Crippen molar-refractivity contribution in [2.75, 3.05) is 0 Å². The Hall–Kier alpha value is -6.59. The molecule has 0 aliphatic carbocycles. The molecule has 0 atom stereocenters. The van der Waals surface area contributed by atoms with Crippen LogP contribution < -0.4 is 0 Å². The summed E-state index contributed by atoms with van der Waals surface area (Å²) in [4.78, 5) is 15.5. The minimum absolute atomic E-state index is 0.577. The molecule has 3 heterocycles. The van der Waals surface area contributed by atoms with Gasteiger partial charge in [-0.3, -0.25) is 4.57 Å². The van der Waals surface area contributed by atoms with Gasteiger partial charge in [0, 0.05) is 38.1 Å². The average molecular weight is 613 g/mol. The second kappa shape index (κ2) is 9.47. The molecule has 0 aliphatic rings. The lowest BCUT2D eigenvalue weighted by molar-refractivity contribution is 0.669. The molecule has 0 saturated heterocycles. The third-order valence-electron chi connectivity index (χ3n) is 9.78. The van der Waals surface area contributed by atoms with Gasteiger partial charge in [0.25, 0.3) is 0 Å². The molecule has 0 amide bonds. The number of benzene rings is 8. The van der Waals surface area contributed by atoms with Crippen LogP contribution in [0.4, 0.5) is 0 Å². The smallest absolute Gasteiger partial charge is 0.238 e. The van der Waals surface area contributed by atoms with Crippen LogP contribution in [0.2, 0.25) is 0 Å². The largest absolute Gasteiger partial charge is 0.456 e. The molecule has 0 saturated carbocycles. The van der Waals surface area contributed by atoms with Crippen molar-refractivity contribution >= 4 is 76.1 Å². The van der Waals surface area contributed by atoms with Gasteiger partial charge in [0.1, 0.15) is 11.2 Å². The van der Waals surface area contributed by atoms with E-state index in [2.05, 4.69) is 95.6 Å². The fraction of sp³-hybridized carbons (Fsp3) is 0. The molecule has 222 valence electrons. The van der Waals surface area contributed by atoms with Gasteiger partial charge in [0.05, 0.1) is 11.0 Å². The second-order valence-electron chi connectivity index (χ2n) is 12.4. The first-order chi connectivity index (χ1) is 23.8. The van der Waals surface area contributed by atoms with Gasteiger partial charge in [-0.15, -0.1) is 0 Å². The van der Waals surface area contributed by atoms with E-state index in [1.54, 1.807) is 0 Å². The fourth-order valence-corrected chi connectivity index (χ4v) is 7.71. The molecule has 11 aromatic rings. The maximum atomic E-state index is 6.28. The van der Waals surface area contributed by atoms with E-state index in [1.165, 1.54) is 43.1 Å². The summed E-state index contributed by atoms with van der Waals surface area (Å²) in [6.45, 7) is 0. The Morgan fingerprint density at radius 3 is 1.94 bits per heavy atom. The first-order valence-corrected chi connectivity index (χ1v) is 16.1. The van der Waals surface area contributed by atoms with Crippen molar-refractivity contribution in [3.8, 4) is 28.7 Å². The van der Waals surface area contributed by atoms with Gasteiger partial charge in [0.15, 0.2) is 11.6 Å². The van der Waals surface area contributed by atoms with Gasteiger partial charge in [-0.1, -0.05) is 115 Å². The molecule has 0 radical (unpaired) electrons. The predicted molar refractivity (Wildman–Crippen MR) is 196 cm³/mol. The average Bonchev–Trinajstić information content (AvgIpc) is 3.69. The van der Waals surface area contributed by atoms with Crippen molar-refractivity contribution < 1.29 is 4.42 Å². The van der Waals surface area contributed by atoms with Gasteiger partial charge < -0.3 is 4.42 Å². The Kier molecular flexibility index (Phi) is 5.05. The Bertz CT molecular complexity index is 3060. The van der Waals surface area contributed by atoms with Crippen LogP contribution in [0.5, 0.6) is 0 Å². The summed E-state index contributed by atoms with van der Waals surface area (Å²) in [5.41, 5.74) is 5.60. The Morgan fingerprint density at radius 2 is 1.06 bits per heavy atom. The molecule has 0 aliphatic heterocycles. The molecule has 0 fully saturated rings. The van der Waals surface area contributed by atoms with Crippen LogP contribution in [-0.4, -0.2) is 19.5 Å². The Morgan fingerprint density at radius 1 is 0.396 bits per heavy atom. The van der Waals surface area contributed by atoms with Gasteiger partial charge in [0.2, 0.25) is 5.95 Å². The van der Waals surface area contributed by atoms with E-state index in [0.717, 1.165) is 44.1 Å². The van der Waals surface area contributed by atoms with Crippen LogP contribution in [-0.2, 0) is 0 Å². The summed E-state index contributed by atoms with van der Waals surface area (Å²) >= 11 is 0. The van der Waals surface area contributed by atoms with E-state index >= 15 is 0 Å². The quantitative estimate of drug-likeness (QED) is 0.186. The number of nitrogens with zero attached hydrogens (tertiary/aromatic N) is 4. The normalized spacial score (nSPS) is 12.2. The number of fused-ring (bicyclic) bond motifs is 8. The fourth-order valence-electron chi connectivity index (χ4n) is 7.71. The number of rotatable bonds is 3. The van der Waals surface area contributed by atoms with Crippen molar-refractivity contribution in [2.24, 2.45) is 0 Å². The van der Waals surface area contributed by atoms with Crippen LogP contribution in [0, 0.1) is 0 Å². The third-order valence-corrected chi connectivity index (χ3v) is 9.78. The zero-order valence-electron chi connectivity index (χ0n) is 25.6. The van der Waals surface area contributed by atoms with Crippen molar-refractivity contribution in [3.05, 3.63) is 146 Å². The lowest BCUT2D eigenvalue weighted by Gasteiger charge is -2.12. The molecule has 8 aromatic carbocycles. The second-order valence-corrected chi connectivity index (χ2v) is 12.4. The maximum Gasteiger partial charge on any atom is 0.238 e. The molecule has 48 heavy (non-hydrogen) atoms. The summed E-state index contributed by atoms with van der Waals surface area (Å²) in [6.07, 6.45) is 0. The minimum Gasteiger partial charge on any atom is -0.456 e. The van der Waals surface area contributed by atoms with E-state index in [9.17, 15) is 0 Å².